The second kappa shape index (κ2) is 9.41. The van der Waals surface area contributed by atoms with Crippen LogP contribution in [0.4, 0.5) is 5.69 Å². The molecule has 3 N–H and O–H groups in total. The van der Waals surface area contributed by atoms with E-state index in [2.05, 4.69) is 52.3 Å². The molecule has 0 bridgehead atoms. The van der Waals surface area contributed by atoms with E-state index in [9.17, 15) is 4.79 Å². The second-order valence-electron chi connectivity index (χ2n) is 7.87. The highest BCUT2D eigenvalue weighted by Gasteiger charge is 2.26. The molecule has 0 saturated heterocycles. The number of aryl methyl sites for hydroxylation is 2. The zero-order valence-corrected chi connectivity index (χ0v) is 18.5. The van der Waals surface area contributed by atoms with E-state index in [-0.39, 0.29) is 11.9 Å². The molecular formula is C24H27N5OS. The summed E-state index contributed by atoms with van der Waals surface area (Å²) in [5.74, 6) is 0.177. The Morgan fingerprint density at radius 2 is 2.00 bits per heavy atom. The summed E-state index contributed by atoms with van der Waals surface area (Å²) in [6.45, 7) is 2.22. The van der Waals surface area contributed by atoms with Gasteiger partial charge in [-0.2, -0.15) is 0 Å². The number of amides is 1. The Bertz CT molecular complexity index is 1110. The molecule has 0 fully saturated rings. The molecule has 3 atom stereocenters. The van der Waals surface area contributed by atoms with Gasteiger partial charge in [-0.25, -0.2) is 4.72 Å². The number of aromatic nitrogens is 2. The van der Waals surface area contributed by atoms with E-state index in [4.69, 9.17) is 4.78 Å². The molecule has 31 heavy (non-hydrogen) atoms. The number of fused-ring (bicyclic) bond motifs is 1. The van der Waals surface area contributed by atoms with Crippen LogP contribution in [0.25, 0.3) is 6.08 Å². The monoisotopic (exact) mass is 433 g/mol. The van der Waals surface area contributed by atoms with Gasteiger partial charge in [-0.3, -0.25) is 14.6 Å². The lowest BCUT2D eigenvalue weighted by Crippen LogP contribution is -2.33. The normalized spacial score (nSPS) is 18.8. The van der Waals surface area contributed by atoms with Gasteiger partial charge in [-0.15, -0.1) is 0 Å². The lowest BCUT2D eigenvalue weighted by atomic mass is 9.94. The SMILES string of the molecule is CC(CCc1ccccc1)C1C=Cc2c(cn(C)c2C(=O)Nc2ccncc2)S(=N)N1. The van der Waals surface area contributed by atoms with Crippen molar-refractivity contribution in [1.29, 1.82) is 4.78 Å². The Labute approximate surface area is 185 Å². The van der Waals surface area contributed by atoms with Gasteiger partial charge in [0.05, 0.1) is 4.90 Å². The van der Waals surface area contributed by atoms with Crippen LogP contribution >= 0.6 is 0 Å². The highest BCUT2D eigenvalue weighted by Crippen LogP contribution is 2.27. The van der Waals surface area contributed by atoms with Crippen molar-refractivity contribution in [3.63, 3.8) is 0 Å². The van der Waals surface area contributed by atoms with Crippen LogP contribution in [0.1, 0.15) is 35.0 Å². The van der Waals surface area contributed by atoms with Gasteiger partial charge in [0.15, 0.2) is 0 Å². The van der Waals surface area contributed by atoms with Gasteiger partial charge in [-0.05, 0) is 47.3 Å². The molecular weight excluding hydrogens is 406 g/mol. The molecule has 6 nitrogen and oxygen atoms in total. The number of nitrogens with one attached hydrogen (secondary N) is 3. The number of nitrogens with zero attached hydrogens (tertiary/aromatic N) is 2. The maximum absolute atomic E-state index is 13.0. The minimum absolute atomic E-state index is 0.0818. The third-order valence-corrected chi connectivity index (χ3v) is 6.90. The highest BCUT2D eigenvalue weighted by atomic mass is 32.2. The molecule has 160 valence electrons. The van der Waals surface area contributed by atoms with Gasteiger partial charge >= 0.3 is 0 Å². The van der Waals surface area contributed by atoms with Gasteiger partial charge in [0.1, 0.15) is 5.69 Å². The Kier molecular flexibility index (Phi) is 6.44. The molecule has 3 unspecified atom stereocenters. The third-order valence-electron chi connectivity index (χ3n) is 5.63. The first-order chi connectivity index (χ1) is 15.0. The van der Waals surface area contributed by atoms with Gasteiger partial charge in [-0.1, -0.05) is 49.4 Å². The van der Waals surface area contributed by atoms with Crippen molar-refractivity contribution in [3.8, 4) is 0 Å². The Balaban J connectivity index is 1.52. The zero-order valence-electron chi connectivity index (χ0n) is 17.7. The molecule has 1 amide bonds. The van der Waals surface area contributed by atoms with Crippen molar-refractivity contribution in [2.24, 2.45) is 13.0 Å². The molecule has 3 heterocycles. The van der Waals surface area contributed by atoms with Crippen molar-refractivity contribution in [2.75, 3.05) is 5.32 Å². The van der Waals surface area contributed by atoms with Crippen LogP contribution in [0.2, 0.25) is 0 Å². The number of hydrogen-bond acceptors (Lipinski definition) is 3. The fraction of sp³-hybridized carbons (Fsp3) is 0.250. The minimum Gasteiger partial charge on any atom is -0.345 e. The Hall–Kier alpha value is -3.03. The fourth-order valence-corrected chi connectivity index (χ4v) is 5.17. The molecule has 1 aliphatic heterocycles. The Morgan fingerprint density at radius 1 is 1.26 bits per heavy atom. The Morgan fingerprint density at radius 3 is 2.74 bits per heavy atom. The van der Waals surface area contributed by atoms with Crippen LogP contribution in [0.5, 0.6) is 0 Å². The summed E-state index contributed by atoms with van der Waals surface area (Å²) in [5.41, 5.74) is 3.41. The van der Waals surface area contributed by atoms with Gasteiger partial charge in [0.25, 0.3) is 5.91 Å². The first-order valence-electron chi connectivity index (χ1n) is 10.4. The van der Waals surface area contributed by atoms with E-state index in [1.54, 1.807) is 29.1 Å². The van der Waals surface area contributed by atoms with Crippen molar-refractivity contribution < 1.29 is 4.79 Å². The molecule has 0 aliphatic carbocycles. The molecule has 3 aromatic rings. The number of carbonyl (C=O) groups is 1. The van der Waals surface area contributed by atoms with Crippen molar-refractivity contribution in [2.45, 2.75) is 30.7 Å². The van der Waals surface area contributed by atoms with E-state index < -0.39 is 10.9 Å². The highest BCUT2D eigenvalue weighted by molar-refractivity contribution is 7.84. The fourth-order valence-electron chi connectivity index (χ4n) is 3.81. The summed E-state index contributed by atoms with van der Waals surface area (Å²) in [4.78, 5) is 17.8. The maximum Gasteiger partial charge on any atom is 0.272 e. The summed E-state index contributed by atoms with van der Waals surface area (Å²) in [7, 11) is 0.941. The maximum atomic E-state index is 13.0. The van der Waals surface area contributed by atoms with Crippen LogP contribution in [0.15, 0.2) is 72.0 Å². The molecule has 7 heteroatoms. The van der Waals surface area contributed by atoms with Crippen LogP contribution in [0.3, 0.4) is 0 Å². The predicted molar refractivity (Wildman–Crippen MR) is 126 cm³/mol. The van der Waals surface area contributed by atoms with Crippen LogP contribution in [-0.2, 0) is 24.3 Å². The number of hydrogen-bond donors (Lipinski definition) is 3. The van der Waals surface area contributed by atoms with Crippen molar-refractivity contribution >= 4 is 28.5 Å². The summed E-state index contributed by atoms with van der Waals surface area (Å²) >= 11 is 0. The third kappa shape index (κ3) is 4.84. The average molecular weight is 434 g/mol. The van der Waals surface area contributed by atoms with Crippen LogP contribution in [-0.4, -0.2) is 21.5 Å². The topological polar surface area (TPSA) is 82.8 Å². The molecule has 1 aliphatic rings. The molecule has 0 radical (unpaired) electrons. The van der Waals surface area contributed by atoms with E-state index >= 15 is 0 Å². The van der Waals surface area contributed by atoms with E-state index in [0.717, 1.165) is 23.3 Å². The quantitative estimate of drug-likeness (QED) is 0.532. The summed E-state index contributed by atoms with van der Waals surface area (Å²) < 4.78 is 14.0. The van der Waals surface area contributed by atoms with Crippen molar-refractivity contribution in [3.05, 3.63) is 84.0 Å². The molecule has 4 rings (SSSR count). The standard InChI is InChI=1S/C24H27N5OS/c1-17(8-9-18-6-4-3-5-7-18)21-11-10-20-22(31(25)28-21)16-29(2)23(20)24(30)27-19-12-14-26-15-13-19/h3-7,10-17,21H,8-9H2,1-2H3,(H2,25,28)(H,26,27,30). The number of carbonyl (C=O) groups excluding carboxylic acids is 1. The van der Waals surface area contributed by atoms with Crippen LogP contribution in [0, 0.1) is 10.7 Å². The van der Waals surface area contributed by atoms with Gasteiger partial charge < -0.3 is 9.88 Å². The molecule has 0 spiro atoms. The summed E-state index contributed by atoms with van der Waals surface area (Å²) in [6.07, 6.45) is 11.3. The predicted octanol–water partition coefficient (Wildman–Crippen LogP) is 4.58. The van der Waals surface area contributed by atoms with Gasteiger partial charge in [0.2, 0.25) is 0 Å². The second-order valence-corrected chi connectivity index (χ2v) is 9.15. The smallest absolute Gasteiger partial charge is 0.272 e. The largest absolute Gasteiger partial charge is 0.345 e. The van der Waals surface area contributed by atoms with E-state index in [0.29, 0.717) is 17.3 Å². The summed E-state index contributed by atoms with van der Waals surface area (Å²) in [6, 6.07) is 14.1. The van der Waals surface area contributed by atoms with E-state index in [1.165, 1.54) is 5.56 Å². The average Bonchev–Trinajstić information content (AvgIpc) is 3.04. The zero-order chi connectivity index (χ0) is 21.8. The number of rotatable bonds is 6. The van der Waals surface area contributed by atoms with Crippen LogP contribution < -0.4 is 10.0 Å². The lowest BCUT2D eigenvalue weighted by molar-refractivity contribution is 0.101. The first kappa shape index (κ1) is 21.2. The lowest BCUT2D eigenvalue weighted by Gasteiger charge is -2.22. The van der Waals surface area contributed by atoms with Gasteiger partial charge in [0, 0.05) is 42.9 Å². The van der Waals surface area contributed by atoms with Crippen molar-refractivity contribution in [1.82, 2.24) is 14.3 Å². The number of anilines is 1. The molecule has 0 saturated carbocycles. The number of pyridine rings is 1. The molecule has 1 aromatic carbocycles. The molecule has 2 aromatic heterocycles. The minimum atomic E-state index is -0.907. The number of benzene rings is 1. The summed E-state index contributed by atoms with van der Waals surface area (Å²) in [5, 5.41) is 2.93. The van der Waals surface area contributed by atoms with E-state index in [1.807, 2.05) is 25.4 Å². The first-order valence-corrected chi connectivity index (χ1v) is 11.6.